The van der Waals surface area contributed by atoms with Gasteiger partial charge in [-0.1, -0.05) is 19.1 Å². The maximum atomic E-state index is 5.80. The van der Waals surface area contributed by atoms with Crippen molar-refractivity contribution < 1.29 is 4.74 Å². The Kier molecular flexibility index (Phi) is 1.82. The summed E-state index contributed by atoms with van der Waals surface area (Å²) in [6.07, 6.45) is 1.24. The molecule has 1 aromatic rings. The number of nitrogens with zero attached hydrogens (tertiary/aromatic N) is 1. The number of rotatable bonds is 0. The largest absolute Gasteiger partial charge is 0.490 e. The highest BCUT2D eigenvalue weighted by atomic mass is 16.5. The third kappa shape index (κ3) is 1.10. The van der Waals surface area contributed by atoms with E-state index < -0.39 is 0 Å². The van der Waals surface area contributed by atoms with Gasteiger partial charge in [0.05, 0.1) is 12.2 Å². The summed E-state index contributed by atoms with van der Waals surface area (Å²) >= 11 is 0. The molecule has 3 heterocycles. The standard InChI is InChI=1S/C14H18N2O/c1-14-9-15-6-5-12(14)16-7-8-17-11-4-2-3-10(14)13(11)16/h2-4,12,15H,5-9H2,1H3/t12-,14-/m1/s1. The van der Waals surface area contributed by atoms with Crippen LogP contribution in [0.5, 0.6) is 5.75 Å². The third-order valence-electron chi connectivity index (χ3n) is 4.69. The van der Waals surface area contributed by atoms with Crippen LogP contribution in [0.2, 0.25) is 0 Å². The van der Waals surface area contributed by atoms with Gasteiger partial charge in [0.25, 0.3) is 0 Å². The number of piperidine rings is 1. The van der Waals surface area contributed by atoms with Crippen LogP contribution < -0.4 is 15.0 Å². The zero-order chi connectivity index (χ0) is 11.5. The molecule has 4 rings (SSSR count). The second-order valence-corrected chi connectivity index (χ2v) is 5.59. The van der Waals surface area contributed by atoms with E-state index in [-0.39, 0.29) is 5.41 Å². The van der Waals surface area contributed by atoms with Crippen molar-refractivity contribution in [2.45, 2.75) is 24.8 Å². The Labute approximate surface area is 102 Å². The van der Waals surface area contributed by atoms with E-state index in [9.17, 15) is 0 Å². The van der Waals surface area contributed by atoms with Crippen molar-refractivity contribution in [3.8, 4) is 5.75 Å². The van der Waals surface area contributed by atoms with Gasteiger partial charge in [-0.25, -0.2) is 0 Å². The first-order valence-electron chi connectivity index (χ1n) is 6.54. The van der Waals surface area contributed by atoms with Crippen LogP contribution in [0.4, 0.5) is 5.69 Å². The van der Waals surface area contributed by atoms with Crippen molar-refractivity contribution >= 4 is 5.69 Å². The van der Waals surface area contributed by atoms with Gasteiger partial charge in [-0.2, -0.15) is 0 Å². The first-order chi connectivity index (χ1) is 8.31. The van der Waals surface area contributed by atoms with Gasteiger partial charge >= 0.3 is 0 Å². The number of hydrogen-bond acceptors (Lipinski definition) is 3. The SMILES string of the molecule is C[C@]12CNCC[C@H]1N1CCOc3cccc2c31. The van der Waals surface area contributed by atoms with Crippen molar-refractivity contribution in [1.82, 2.24) is 5.32 Å². The molecule has 1 N–H and O–H groups in total. The fourth-order valence-corrected chi connectivity index (χ4v) is 3.87. The predicted molar refractivity (Wildman–Crippen MR) is 67.9 cm³/mol. The second kappa shape index (κ2) is 3.16. The van der Waals surface area contributed by atoms with Crippen molar-refractivity contribution in [1.29, 1.82) is 0 Å². The highest BCUT2D eigenvalue weighted by Gasteiger charge is 2.50. The fraction of sp³-hybridized carbons (Fsp3) is 0.571. The Morgan fingerprint density at radius 2 is 2.41 bits per heavy atom. The topological polar surface area (TPSA) is 24.5 Å². The van der Waals surface area contributed by atoms with Gasteiger partial charge in [0, 0.05) is 18.0 Å². The zero-order valence-electron chi connectivity index (χ0n) is 10.2. The Morgan fingerprint density at radius 1 is 1.47 bits per heavy atom. The molecule has 0 bridgehead atoms. The molecule has 0 spiro atoms. The predicted octanol–water partition coefficient (Wildman–Crippen LogP) is 1.52. The van der Waals surface area contributed by atoms with Gasteiger partial charge in [0.1, 0.15) is 12.4 Å². The third-order valence-corrected chi connectivity index (χ3v) is 4.69. The molecule has 3 aliphatic heterocycles. The monoisotopic (exact) mass is 230 g/mol. The molecular weight excluding hydrogens is 212 g/mol. The number of nitrogens with one attached hydrogen (secondary N) is 1. The minimum atomic E-state index is 0.261. The van der Waals surface area contributed by atoms with Crippen LogP contribution in [0.1, 0.15) is 18.9 Å². The summed E-state index contributed by atoms with van der Waals surface area (Å²) < 4.78 is 5.80. The Hall–Kier alpha value is -1.22. The van der Waals surface area contributed by atoms with E-state index in [1.165, 1.54) is 17.7 Å². The zero-order valence-corrected chi connectivity index (χ0v) is 10.2. The molecule has 0 saturated carbocycles. The molecule has 3 nitrogen and oxygen atoms in total. The maximum Gasteiger partial charge on any atom is 0.143 e. The van der Waals surface area contributed by atoms with Crippen molar-refractivity contribution in [3.05, 3.63) is 23.8 Å². The number of fused-ring (bicyclic) bond motifs is 3. The quantitative estimate of drug-likeness (QED) is 0.731. The number of para-hydroxylation sites is 1. The highest BCUT2D eigenvalue weighted by molar-refractivity contribution is 5.73. The van der Waals surface area contributed by atoms with E-state index in [1.54, 1.807) is 0 Å². The summed E-state index contributed by atoms with van der Waals surface area (Å²) in [5.74, 6) is 1.09. The van der Waals surface area contributed by atoms with Crippen molar-refractivity contribution in [2.24, 2.45) is 0 Å². The molecule has 0 amide bonds. The maximum absolute atomic E-state index is 5.80. The van der Waals surface area contributed by atoms with Gasteiger partial charge in [-0.05, 0) is 24.6 Å². The molecular formula is C14H18N2O. The van der Waals surface area contributed by atoms with Crippen LogP contribution in [0.15, 0.2) is 18.2 Å². The lowest BCUT2D eigenvalue weighted by atomic mass is 9.75. The molecule has 0 aromatic heterocycles. The van der Waals surface area contributed by atoms with Crippen LogP contribution in [0.3, 0.4) is 0 Å². The van der Waals surface area contributed by atoms with Gasteiger partial charge in [-0.15, -0.1) is 0 Å². The molecule has 90 valence electrons. The molecule has 1 fully saturated rings. The number of hydrogen-bond donors (Lipinski definition) is 1. The minimum absolute atomic E-state index is 0.261. The van der Waals surface area contributed by atoms with E-state index in [1.807, 2.05) is 0 Å². The molecule has 3 heteroatoms. The normalized spacial score (nSPS) is 33.9. The molecule has 0 aliphatic carbocycles. The average molecular weight is 230 g/mol. The van der Waals surface area contributed by atoms with Crippen LogP contribution in [-0.4, -0.2) is 32.3 Å². The van der Waals surface area contributed by atoms with Crippen LogP contribution in [0, 0.1) is 0 Å². The summed E-state index contributed by atoms with van der Waals surface area (Å²) in [5.41, 5.74) is 3.11. The molecule has 0 radical (unpaired) electrons. The lowest BCUT2D eigenvalue weighted by Crippen LogP contribution is -2.55. The number of benzene rings is 1. The first kappa shape index (κ1) is 9.77. The number of anilines is 1. The van der Waals surface area contributed by atoms with Crippen molar-refractivity contribution in [2.75, 3.05) is 31.1 Å². The molecule has 1 saturated heterocycles. The molecule has 3 aliphatic rings. The molecule has 2 atom stereocenters. The summed E-state index contributed by atoms with van der Waals surface area (Å²) in [6, 6.07) is 7.19. The lowest BCUT2D eigenvalue weighted by Gasteiger charge is -2.41. The Balaban J connectivity index is 1.95. The summed E-state index contributed by atoms with van der Waals surface area (Å²) in [7, 11) is 0. The van der Waals surface area contributed by atoms with E-state index >= 15 is 0 Å². The minimum Gasteiger partial charge on any atom is -0.490 e. The smallest absolute Gasteiger partial charge is 0.143 e. The lowest BCUT2D eigenvalue weighted by molar-refractivity contribution is 0.267. The van der Waals surface area contributed by atoms with Gasteiger partial charge in [0.2, 0.25) is 0 Å². The van der Waals surface area contributed by atoms with E-state index in [2.05, 4.69) is 35.3 Å². The molecule has 0 unspecified atom stereocenters. The van der Waals surface area contributed by atoms with Crippen LogP contribution >= 0.6 is 0 Å². The number of ether oxygens (including phenoxy) is 1. The van der Waals surface area contributed by atoms with Gasteiger partial charge < -0.3 is 15.0 Å². The van der Waals surface area contributed by atoms with Crippen LogP contribution in [0.25, 0.3) is 0 Å². The Bertz CT molecular complexity index is 473. The second-order valence-electron chi connectivity index (χ2n) is 5.59. The summed E-state index contributed by atoms with van der Waals surface area (Å²) in [6.45, 7) is 6.50. The van der Waals surface area contributed by atoms with E-state index in [4.69, 9.17) is 4.74 Å². The van der Waals surface area contributed by atoms with E-state index in [0.29, 0.717) is 6.04 Å². The molecule has 1 aromatic carbocycles. The first-order valence-corrected chi connectivity index (χ1v) is 6.54. The summed E-state index contributed by atoms with van der Waals surface area (Å²) in [5, 5.41) is 3.55. The van der Waals surface area contributed by atoms with E-state index in [0.717, 1.165) is 32.0 Å². The Morgan fingerprint density at radius 3 is 3.35 bits per heavy atom. The average Bonchev–Trinajstić information content (AvgIpc) is 2.63. The summed E-state index contributed by atoms with van der Waals surface area (Å²) in [4.78, 5) is 2.59. The van der Waals surface area contributed by atoms with Crippen LogP contribution in [-0.2, 0) is 5.41 Å². The molecule has 17 heavy (non-hydrogen) atoms. The van der Waals surface area contributed by atoms with Gasteiger partial charge in [0.15, 0.2) is 0 Å². The van der Waals surface area contributed by atoms with Crippen molar-refractivity contribution in [3.63, 3.8) is 0 Å². The van der Waals surface area contributed by atoms with Gasteiger partial charge in [-0.3, -0.25) is 0 Å². The highest BCUT2D eigenvalue weighted by Crippen LogP contribution is 2.52. The fourth-order valence-electron chi connectivity index (χ4n) is 3.87.